The molecule has 0 aliphatic heterocycles. The summed E-state index contributed by atoms with van der Waals surface area (Å²) in [7, 11) is 1.59. The Hall–Kier alpha value is -2.49. The minimum absolute atomic E-state index is 0.852. The highest BCUT2D eigenvalue weighted by atomic mass is 16.6. The Labute approximate surface area is 158 Å². The Kier molecular flexibility index (Phi) is 7.52. The number of rotatable bonds is 9. The topological polar surface area (TPSA) is 28.1 Å². The molecule has 0 aliphatic carbocycles. The fourth-order valence-electron chi connectivity index (χ4n) is 3.20. The molecule has 0 aromatic heterocycles. The highest BCUT2D eigenvalue weighted by Gasteiger charge is 2.10. The van der Waals surface area contributed by atoms with E-state index in [1.54, 1.807) is 7.11 Å². The van der Waals surface area contributed by atoms with Crippen molar-refractivity contribution >= 4 is 17.1 Å². The summed E-state index contributed by atoms with van der Waals surface area (Å²) in [4.78, 5) is 9.78. The van der Waals surface area contributed by atoms with Crippen molar-refractivity contribution in [3.05, 3.63) is 59.7 Å². The lowest BCUT2D eigenvalue weighted by Gasteiger charge is -2.22. The van der Waals surface area contributed by atoms with E-state index in [1.165, 1.54) is 11.4 Å². The Morgan fingerprint density at radius 1 is 0.692 bits per heavy atom. The number of oxime groups is 1. The molecule has 0 saturated heterocycles. The molecule has 0 saturated carbocycles. The van der Waals surface area contributed by atoms with Crippen molar-refractivity contribution in [3.8, 4) is 0 Å². The summed E-state index contributed by atoms with van der Waals surface area (Å²) in [6, 6.07) is 17.1. The van der Waals surface area contributed by atoms with Crippen LogP contribution in [0.1, 0.15) is 38.8 Å². The average Bonchev–Trinajstić information content (AvgIpc) is 2.69. The van der Waals surface area contributed by atoms with Crippen molar-refractivity contribution in [2.75, 3.05) is 43.1 Å². The van der Waals surface area contributed by atoms with Crippen LogP contribution in [0.5, 0.6) is 0 Å². The van der Waals surface area contributed by atoms with E-state index in [0.29, 0.717) is 0 Å². The third kappa shape index (κ3) is 4.57. The van der Waals surface area contributed by atoms with E-state index >= 15 is 0 Å². The first-order valence-electron chi connectivity index (χ1n) is 9.50. The fraction of sp³-hybridized carbons (Fsp3) is 0.409. The van der Waals surface area contributed by atoms with Crippen LogP contribution in [0.15, 0.2) is 53.7 Å². The molecule has 2 rings (SSSR count). The maximum absolute atomic E-state index is 5.12. The zero-order chi connectivity index (χ0) is 18.9. The van der Waals surface area contributed by atoms with Crippen LogP contribution in [0.3, 0.4) is 0 Å². The van der Waals surface area contributed by atoms with Crippen LogP contribution in [0.25, 0.3) is 0 Å². The molecule has 0 aliphatic rings. The molecule has 0 unspecified atom stereocenters. The molecule has 0 N–H and O–H groups in total. The summed E-state index contributed by atoms with van der Waals surface area (Å²) in [6.45, 7) is 12.7. The second-order valence-electron chi connectivity index (χ2n) is 6.06. The molecule has 0 fully saturated rings. The molecule has 0 bridgehead atoms. The first kappa shape index (κ1) is 19.8. The largest absolute Gasteiger partial charge is 0.399 e. The minimum Gasteiger partial charge on any atom is -0.399 e. The standard InChI is InChI=1S/C22H31N3O/c1-6-24(7-2)20-14-10-18(11-15-20)22(23-26-5)19-12-16-21(17-13-19)25(8-3)9-4/h10-17H,6-9H2,1-5H3. The van der Waals surface area contributed by atoms with Gasteiger partial charge in [0, 0.05) is 48.7 Å². The fourth-order valence-corrected chi connectivity index (χ4v) is 3.20. The average molecular weight is 354 g/mol. The molecule has 140 valence electrons. The van der Waals surface area contributed by atoms with Crippen LogP contribution in [0.4, 0.5) is 11.4 Å². The summed E-state index contributed by atoms with van der Waals surface area (Å²) in [5.74, 6) is 0. The maximum atomic E-state index is 5.12. The van der Waals surface area contributed by atoms with Crippen LogP contribution in [-0.4, -0.2) is 39.0 Å². The molecule has 0 radical (unpaired) electrons. The molecule has 4 heteroatoms. The van der Waals surface area contributed by atoms with Crippen LogP contribution in [0.2, 0.25) is 0 Å². The quantitative estimate of drug-likeness (QED) is 0.480. The Bertz CT molecular complexity index is 627. The highest BCUT2D eigenvalue weighted by Crippen LogP contribution is 2.20. The van der Waals surface area contributed by atoms with Gasteiger partial charge in [-0.25, -0.2) is 0 Å². The van der Waals surface area contributed by atoms with E-state index < -0.39 is 0 Å². The predicted octanol–water partition coefficient (Wildman–Crippen LogP) is 4.78. The van der Waals surface area contributed by atoms with E-state index in [0.717, 1.165) is 43.0 Å². The number of hydrogen-bond donors (Lipinski definition) is 0. The van der Waals surface area contributed by atoms with E-state index in [-0.39, 0.29) is 0 Å². The number of hydrogen-bond acceptors (Lipinski definition) is 4. The van der Waals surface area contributed by atoms with Crippen LogP contribution in [0, 0.1) is 0 Å². The van der Waals surface area contributed by atoms with Gasteiger partial charge in [0.25, 0.3) is 0 Å². The molecule has 4 nitrogen and oxygen atoms in total. The van der Waals surface area contributed by atoms with E-state index in [1.807, 2.05) is 0 Å². The van der Waals surface area contributed by atoms with Crippen molar-refractivity contribution in [3.63, 3.8) is 0 Å². The zero-order valence-electron chi connectivity index (χ0n) is 16.7. The normalized spacial score (nSPS) is 10.3. The van der Waals surface area contributed by atoms with Gasteiger partial charge in [-0.3, -0.25) is 0 Å². The first-order chi connectivity index (χ1) is 12.7. The monoisotopic (exact) mass is 353 g/mol. The van der Waals surface area contributed by atoms with Crippen molar-refractivity contribution in [1.82, 2.24) is 0 Å². The molecule has 0 atom stereocenters. The number of anilines is 2. The van der Waals surface area contributed by atoms with E-state index in [4.69, 9.17) is 4.84 Å². The second kappa shape index (κ2) is 9.85. The molecule has 0 heterocycles. The zero-order valence-corrected chi connectivity index (χ0v) is 16.7. The van der Waals surface area contributed by atoms with Gasteiger partial charge in [0.15, 0.2) is 0 Å². The maximum Gasteiger partial charge on any atom is 0.117 e. The third-order valence-electron chi connectivity index (χ3n) is 4.72. The molecular formula is C22H31N3O. The van der Waals surface area contributed by atoms with Gasteiger partial charge < -0.3 is 14.6 Å². The lowest BCUT2D eigenvalue weighted by Crippen LogP contribution is -2.22. The van der Waals surface area contributed by atoms with Gasteiger partial charge in [-0.1, -0.05) is 29.4 Å². The molecular weight excluding hydrogens is 322 g/mol. The van der Waals surface area contributed by atoms with Gasteiger partial charge in [-0.2, -0.15) is 0 Å². The van der Waals surface area contributed by atoms with E-state index in [2.05, 4.69) is 91.2 Å². The molecule has 26 heavy (non-hydrogen) atoms. The second-order valence-corrected chi connectivity index (χ2v) is 6.06. The summed E-state index contributed by atoms with van der Waals surface area (Å²) in [5.41, 5.74) is 5.42. The van der Waals surface area contributed by atoms with Crippen LogP contribution < -0.4 is 9.80 Å². The van der Waals surface area contributed by atoms with Gasteiger partial charge in [0.2, 0.25) is 0 Å². The van der Waals surface area contributed by atoms with E-state index in [9.17, 15) is 0 Å². The summed E-state index contributed by atoms with van der Waals surface area (Å²) in [5, 5.41) is 4.28. The third-order valence-corrected chi connectivity index (χ3v) is 4.72. The molecule has 0 amide bonds. The minimum atomic E-state index is 0.852. The van der Waals surface area contributed by atoms with Gasteiger partial charge in [0.1, 0.15) is 12.8 Å². The SMILES string of the molecule is CCN(CC)c1ccc(C(=NOC)c2ccc(N(CC)CC)cc2)cc1. The lowest BCUT2D eigenvalue weighted by molar-refractivity contribution is 0.214. The van der Waals surface area contributed by atoms with Gasteiger partial charge in [0.05, 0.1) is 0 Å². The summed E-state index contributed by atoms with van der Waals surface area (Å²) in [6.07, 6.45) is 0. The Morgan fingerprint density at radius 3 is 1.31 bits per heavy atom. The van der Waals surface area contributed by atoms with Gasteiger partial charge in [-0.05, 0) is 52.0 Å². The summed E-state index contributed by atoms with van der Waals surface area (Å²) < 4.78 is 0. The first-order valence-corrected chi connectivity index (χ1v) is 9.50. The van der Waals surface area contributed by atoms with Crippen LogP contribution in [-0.2, 0) is 4.84 Å². The molecule has 2 aromatic rings. The van der Waals surface area contributed by atoms with Gasteiger partial charge in [-0.15, -0.1) is 0 Å². The number of benzene rings is 2. The smallest absolute Gasteiger partial charge is 0.117 e. The van der Waals surface area contributed by atoms with Crippen molar-refractivity contribution < 1.29 is 4.84 Å². The van der Waals surface area contributed by atoms with Gasteiger partial charge >= 0.3 is 0 Å². The predicted molar refractivity (Wildman–Crippen MR) is 113 cm³/mol. The van der Waals surface area contributed by atoms with Crippen molar-refractivity contribution in [1.29, 1.82) is 0 Å². The lowest BCUT2D eigenvalue weighted by atomic mass is 10.0. The summed E-state index contributed by atoms with van der Waals surface area (Å²) >= 11 is 0. The van der Waals surface area contributed by atoms with Crippen molar-refractivity contribution in [2.24, 2.45) is 5.16 Å². The number of nitrogens with zero attached hydrogens (tertiary/aromatic N) is 3. The van der Waals surface area contributed by atoms with Crippen molar-refractivity contribution in [2.45, 2.75) is 27.7 Å². The Balaban J connectivity index is 2.30. The molecule has 0 spiro atoms. The van der Waals surface area contributed by atoms with Crippen LogP contribution >= 0.6 is 0 Å². The Morgan fingerprint density at radius 2 is 1.04 bits per heavy atom. The molecule has 2 aromatic carbocycles. The highest BCUT2D eigenvalue weighted by molar-refractivity contribution is 6.12.